The molecule has 1 heterocycles. The number of amides is 1. The highest BCUT2D eigenvalue weighted by molar-refractivity contribution is 6.33. The van der Waals surface area contributed by atoms with Crippen LogP contribution in [-0.4, -0.2) is 32.3 Å². The Bertz CT molecular complexity index is 1100. The molecule has 0 aliphatic carbocycles. The smallest absolute Gasteiger partial charge is 0.310 e. The second-order valence-electron chi connectivity index (χ2n) is 5.53. The molecule has 0 unspecified atom stereocenters. The summed E-state index contributed by atoms with van der Waals surface area (Å²) >= 11 is 6.09. The molecule has 0 bridgehead atoms. The molecule has 11 heteroatoms. The van der Waals surface area contributed by atoms with E-state index in [2.05, 4.69) is 20.5 Å². The van der Waals surface area contributed by atoms with Crippen LogP contribution in [0.1, 0.15) is 15.9 Å². The quantitative estimate of drug-likeness (QED) is 0.282. The molecule has 3 aromatic rings. The average molecular weight is 401 g/mol. The number of nitrogens with one attached hydrogen (secondary N) is 2. The van der Waals surface area contributed by atoms with E-state index >= 15 is 0 Å². The second-order valence-corrected chi connectivity index (χ2v) is 5.94. The lowest BCUT2D eigenvalue weighted by Crippen LogP contribution is -2.12. The van der Waals surface area contributed by atoms with E-state index in [0.717, 1.165) is 6.07 Å². The molecule has 5 N–H and O–H groups in total. The van der Waals surface area contributed by atoms with Crippen molar-refractivity contribution in [2.75, 3.05) is 5.32 Å². The third-order valence-corrected chi connectivity index (χ3v) is 3.99. The van der Waals surface area contributed by atoms with Crippen LogP contribution in [0.5, 0.6) is 5.75 Å². The number of aliphatic imine (C=N–C) groups is 1. The number of phenolic OH excluding ortho intramolecular Hbond substituents is 1. The number of halogens is 1. The number of nitrogens with two attached hydrogens (primary N) is 1. The molecule has 0 spiro atoms. The van der Waals surface area contributed by atoms with Crippen molar-refractivity contribution in [1.82, 2.24) is 10.2 Å². The Balaban J connectivity index is 1.91. The van der Waals surface area contributed by atoms with Gasteiger partial charge in [-0.25, -0.2) is 4.99 Å². The van der Waals surface area contributed by atoms with Crippen LogP contribution < -0.4 is 11.1 Å². The van der Waals surface area contributed by atoms with Crippen LogP contribution in [0.4, 0.5) is 23.0 Å². The summed E-state index contributed by atoms with van der Waals surface area (Å²) < 4.78 is 0. The lowest BCUT2D eigenvalue weighted by Gasteiger charge is -2.06. The number of H-pyrrole nitrogens is 1. The number of aromatic amines is 1. The minimum atomic E-state index is -0.776. The van der Waals surface area contributed by atoms with Crippen LogP contribution in [0, 0.1) is 10.1 Å². The lowest BCUT2D eigenvalue weighted by atomic mass is 10.2. The molecule has 1 amide bonds. The summed E-state index contributed by atoms with van der Waals surface area (Å²) in [5.74, 6) is -1.07. The van der Waals surface area contributed by atoms with Gasteiger partial charge < -0.3 is 16.2 Å². The summed E-state index contributed by atoms with van der Waals surface area (Å²) in [6.07, 6.45) is 1.29. The first-order valence-electron chi connectivity index (χ1n) is 7.78. The van der Waals surface area contributed by atoms with Gasteiger partial charge in [0.2, 0.25) is 0 Å². The van der Waals surface area contributed by atoms with E-state index in [1.165, 1.54) is 18.3 Å². The Morgan fingerprint density at radius 1 is 1.36 bits per heavy atom. The van der Waals surface area contributed by atoms with Crippen LogP contribution >= 0.6 is 11.6 Å². The molecule has 0 radical (unpaired) electrons. The third-order valence-electron chi connectivity index (χ3n) is 3.66. The number of aromatic nitrogens is 2. The summed E-state index contributed by atoms with van der Waals surface area (Å²) in [7, 11) is 0. The number of rotatable bonds is 6. The van der Waals surface area contributed by atoms with Gasteiger partial charge in [-0.05, 0) is 29.8 Å². The summed E-state index contributed by atoms with van der Waals surface area (Å²) in [6, 6.07) is 10.6. The van der Waals surface area contributed by atoms with Crippen LogP contribution in [0.15, 0.2) is 47.5 Å². The van der Waals surface area contributed by atoms with Gasteiger partial charge >= 0.3 is 5.69 Å². The zero-order valence-electron chi connectivity index (χ0n) is 14.1. The van der Waals surface area contributed by atoms with Crippen molar-refractivity contribution in [3.05, 3.63) is 68.7 Å². The predicted octanol–water partition coefficient (Wildman–Crippen LogP) is 3.27. The Morgan fingerprint density at radius 3 is 2.75 bits per heavy atom. The number of carbonyl (C=O) groups excluding carboxylic acids is 1. The van der Waals surface area contributed by atoms with Gasteiger partial charge in [-0.2, -0.15) is 5.10 Å². The fourth-order valence-corrected chi connectivity index (χ4v) is 2.54. The van der Waals surface area contributed by atoms with Crippen molar-refractivity contribution < 1.29 is 14.8 Å². The van der Waals surface area contributed by atoms with E-state index < -0.39 is 22.3 Å². The number of primary amides is 1. The fourth-order valence-electron chi connectivity index (χ4n) is 2.35. The Hall–Kier alpha value is -3.92. The number of carbonyl (C=O) groups is 1. The van der Waals surface area contributed by atoms with Gasteiger partial charge in [-0.1, -0.05) is 23.7 Å². The van der Waals surface area contributed by atoms with Gasteiger partial charge in [0.05, 0.1) is 15.6 Å². The largest absolute Gasteiger partial charge is 0.502 e. The second kappa shape index (κ2) is 7.76. The predicted molar refractivity (Wildman–Crippen MR) is 104 cm³/mol. The molecule has 10 nitrogen and oxygen atoms in total. The molecule has 28 heavy (non-hydrogen) atoms. The molecule has 3 rings (SSSR count). The molecule has 0 fully saturated rings. The summed E-state index contributed by atoms with van der Waals surface area (Å²) in [5, 5.41) is 30.3. The number of aromatic hydroxyl groups is 1. The van der Waals surface area contributed by atoms with Gasteiger partial charge in [0.1, 0.15) is 5.56 Å². The third kappa shape index (κ3) is 3.91. The number of para-hydroxylation sites is 1. The van der Waals surface area contributed by atoms with E-state index in [-0.39, 0.29) is 17.2 Å². The van der Waals surface area contributed by atoms with E-state index in [1.54, 1.807) is 24.3 Å². The summed E-state index contributed by atoms with van der Waals surface area (Å²) in [6.45, 7) is 0. The van der Waals surface area contributed by atoms with Crippen LogP contribution in [0.3, 0.4) is 0 Å². The minimum absolute atomic E-state index is 0.00213. The Morgan fingerprint density at radius 2 is 2.11 bits per heavy atom. The molecule has 142 valence electrons. The maximum atomic E-state index is 11.9. The maximum absolute atomic E-state index is 11.9. The van der Waals surface area contributed by atoms with Gasteiger partial charge in [-0.3, -0.25) is 20.0 Å². The number of anilines is 2. The van der Waals surface area contributed by atoms with Crippen molar-refractivity contribution in [2.24, 2.45) is 10.7 Å². The van der Waals surface area contributed by atoms with Gasteiger partial charge in [-0.15, -0.1) is 0 Å². The van der Waals surface area contributed by atoms with Gasteiger partial charge in [0, 0.05) is 12.3 Å². The zero-order chi connectivity index (χ0) is 20.3. The number of hydrogen-bond donors (Lipinski definition) is 4. The highest BCUT2D eigenvalue weighted by Gasteiger charge is 2.19. The minimum Gasteiger partial charge on any atom is -0.502 e. The standard InChI is InChI=1S/C17H13ClN6O4/c18-10-3-1-2-4-11(10)21-17-14(15(19)26)16(22-23-17)20-8-9-5-6-12(24(27)28)13(25)7-9/h1-8,25H,(H2,19,26)(H2,21,22,23)/b20-8+. The molecule has 0 saturated heterocycles. The van der Waals surface area contributed by atoms with Crippen LogP contribution in [-0.2, 0) is 0 Å². The zero-order valence-corrected chi connectivity index (χ0v) is 14.8. The maximum Gasteiger partial charge on any atom is 0.310 e. The number of nitrogens with zero attached hydrogens (tertiary/aromatic N) is 3. The monoisotopic (exact) mass is 400 g/mol. The molecule has 0 atom stereocenters. The van der Waals surface area contributed by atoms with Crippen molar-refractivity contribution in [3.63, 3.8) is 0 Å². The molecule has 0 aliphatic heterocycles. The Kier molecular flexibility index (Phi) is 5.23. The highest BCUT2D eigenvalue weighted by Crippen LogP contribution is 2.30. The number of phenols is 1. The SMILES string of the molecule is NC(=O)c1c(Nc2ccccc2Cl)n[nH]c1/N=C/c1ccc([N+](=O)[O-])c(O)c1. The van der Waals surface area contributed by atoms with Crippen molar-refractivity contribution in [2.45, 2.75) is 0 Å². The molecule has 1 aromatic heterocycles. The average Bonchev–Trinajstić information content (AvgIpc) is 3.04. The number of benzene rings is 2. The molecule has 0 aliphatic rings. The summed E-state index contributed by atoms with van der Waals surface area (Å²) in [5.41, 5.74) is 5.90. The van der Waals surface area contributed by atoms with Crippen LogP contribution in [0.25, 0.3) is 0 Å². The topological polar surface area (TPSA) is 160 Å². The number of hydrogen-bond acceptors (Lipinski definition) is 7. The van der Waals surface area contributed by atoms with Crippen LogP contribution in [0.2, 0.25) is 5.02 Å². The van der Waals surface area contributed by atoms with Crippen molar-refractivity contribution in [3.8, 4) is 5.75 Å². The molecule has 2 aromatic carbocycles. The van der Waals surface area contributed by atoms with Gasteiger partial charge in [0.25, 0.3) is 5.91 Å². The lowest BCUT2D eigenvalue weighted by molar-refractivity contribution is -0.385. The summed E-state index contributed by atoms with van der Waals surface area (Å²) in [4.78, 5) is 26.0. The molecule has 0 saturated carbocycles. The first kappa shape index (κ1) is 18.9. The number of nitro benzene ring substituents is 1. The fraction of sp³-hybridized carbons (Fsp3) is 0. The molecular weight excluding hydrogens is 388 g/mol. The molecular formula is C17H13ClN6O4. The van der Waals surface area contributed by atoms with E-state index in [0.29, 0.717) is 16.3 Å². The highest BCUT2D eigenvalue weighted by atomic mass is 35.5. The Labute approximate surface area is 162 Å². The first-order valence-corrected chi connectivity index (χ1v) is 8.16. The van der Waals surface area contributed by atoms with E-state index in [9.17, 15) is 20.0 Å². The normalized spacial score (nSPS) is 10.9. The van der Waals surface area contributed by atoms with Gasteiger partial charge in [0.15, 0.2) is 17.4 Å². The number of nitro groups is 1. The first-order chi connectivity index (χ1) is 13.4. The van der Waals surface area contributed by atoms with E-state index in [1.807, 2.05) is 0 Å². The van der Waals surface area contributed by atoms with Crippen molar-refractivity contribution >= 4 is 46.7 Å². The van der Waals surface area contributed by atoms with E-state index in [4.69, 9.17) is 17.3 Å². The van der Waals surface area contributed by atoms with Crippen molar-refractivity contribution in [1.29, 1.82) is 0 Å².